The molecule has 0 radical (unpaired) electrons. The number of amides is 1. The van der Waals surface area contributed by atoms with E-state index in [2.05, 4.69) is 10.2 Å². The first kappa shape index (κ1) is 26.9. The second-order valence-corrected chi connectivity index (χ2v) is 13.3. The zero-order valence-electron chi connectivity index (χ0n) is 20.1. The van der Waals surface area contributed by atoms with E-state index >= 15 is 0 Å². The first-order chi connectivity index (χ1) is 17.1. The number of nitrogens with zero attached hydrogens (tertiary/aromatic N) is 1. The fraction of sp³-hybridized carbons (Fsp3) is 0.296. The maximum Gasteiger partial charge on any atom is 0.261 e. The van der Waals surface area contributed by atoms with Crippen molar-refractivity contribution in [2.75, 3.05) is 19.6 Å². The quantitative estimate of drug-likeness (QED) is 0.330. The number of sulfone groups is 1. The fourth-order valence-corrected chi connectivity index (χ4v) is 7.03. The first-order valence-electron chi connectivity index (χ1n) is 11.6. The Balaban J connectivity index is 1.44. The molecule has 2 heterocycles. The zero-order valence-corrected chi connectivity index (χ0v) is 23.2. The number of carbonyl (C=O) groups excluding carboxylic acids is 1. The molecule has 0 spiro atoms. The second-order valence-electron chi connectivity index (χ2n) is 9.36. The molecule has 1 saturated heterocycles. The summed E-state index contributed by atoms with van der Waals surface area (Å²) >= 11 is 13.4. The lowest BCUT2D eigenvalue weighted by Crippen LogP contribution is -2.43. The van der Waals surface area contributed by atoms with Crippen LogP contribution < -0.4 is 5.32 Å². The van der Waals surface area contributed by atoms with Crippen molar-refractivity contribution >= 4 is 50.3 Å². The molecule has 1 aromatic heterocycles. The molecule has 0 aliphatic carbocycles. The number of rotatable bonds is 9. The molecule has 0 atom stereocenters. The van der Waals surface area contributed by atoms with Gasteiger partial charge in [-0.05, 0) is 59.0 Å². The minimum absolute atomic E-state index is 0.0383. The second kappa shape index (κ2) is 11.5. The Bertz CT molecular complexity index is 1290. The van der Waals surface area contributed by atoms with Crippen molar-refractivity contribution in [3.05, 3.63) is 103 Å². The molecule has 190 valence electrons. The van der Waals surface area contributed by atoms with Crippen LogP contribution in [0, 0.1) is 5.92 Å². The summed E-state index contributed by atoms with van der Waals surface area (Å²) in [5, 5.41) is 5.58. The molecule has 4 rings (SSSR count). The van der Waals surface area contributed by atoms with Gasteiger partial charge in [0.05, 0.1) is 16.7 Å². The van der Waals surface area contributed by atoms with Gasteiger partial charge >= 0.3 is 0 Å². The largest absolute Gasteiger partial charge is 0.351 e. The van der Waals surface area contributed by atoms with Gasteiger partial charge < -0.3 is 5.32 Å². The molecule has 1 amide bonds. The highest BCUT2D eigenvalue weighted by Crippen LogP contribution is 2.35. The number of benzene rings is 2. The van der Waals surface area contributed by atoms with Crippen molar-refractivity contribution in [2.24, 2.45) is 5.92 Å². The monoisotopic (exact) mass is 562 g/mol. The molecule has 5 nitrogen and oxygen atoms in total. The topological polar surface area (TPSA) is 66.5 Å². The lowest BCUT2D eigenvalue weighted by Gasteiger charge is -2.41. The van der Waals surface area contributed by atoms with Gasteiger partial charge in [-0.1, -0.05) is 61.3 Å². The third-order valence-electron chi connectivity index (χ3n) is 5.79. The minimum Gasteiger partial charge on any atom is -0.351 e. The standard InChI is InChI=1S/C27H28Cl2N2O3S2/c1-18(2)13-30-27(32)25-12-11-24(35-25)17-36(33,34)16-19-14-31(15-19)26(20-3-7-22(28)8-4-20)21-5-9-23(29)10-6-21/h3-12,16,18,26H,13-15,17H2,1-2H3,(H,30,32). The highest BCUT2D eigenvalue weighted by atomic mass is 35.5. The van der Waals surface area contributed by atoms with Crippen LogP contribution in [0.2, 0.25) is 10.0 Å². The lowest BCUT2D eigenvalue weighted by atomic mass is 9.93. The van der Waals surface area contributed by atoms with E-state index in [0.29, 0.717) is 45.4 Å². The van der Waals surface area contributed by atoms with E-state index in [1.807, 2.05) is 62.4 Å². The Morgan fingerprint density at radius 2 is 1.53 bits per heavy atom. The molecular formula is C27H28Cl2N2O3S2. The lowest BCUT2D eigenvalue weighted by molar-refractivity contribution is 0.0953. The SMILES string of the molecule is CC(C)CNC(=O)c1ccc(CS(=O)(=O)C=C2CN(C(c3ccc(Cl)cc3)c3ccc(Cl)cc3)C2)s1. The van der Waals surface area contributed by atoms with Crippen molar-refractivity contribution in [1.29, 1.82) is 0 Å². The van der Waals surface area contributed by atoms with E-state index in [0.717, 1.165) is 16.7 Å². The summed E-state index contributed by atoms with van der Waals surface area (Å²) in [7, 11) is -3.47. The highest BCUT2D eigenvalue weighted by Gasteiger charge is 2.31. The normalized spacial score (nSPS) is 14.2. The summed E-state index contributed by atoms with van der Waals surface area (Å²) < 4.78 is 25.7. The molecular weight excluding hydrogens is 535 g/mol. The smallest absolute Gasteiger partial charge is 0.261 e. The van der Waals surface area contributed by atoms with Crippen LogP contribution in [0.5, 0.6) is 0 Å². The van der Waals surface area contributed by atoms with Gasteiger partial charge in [0.1, 0.15) is 0 Å². The average molecular weight is 564 g/mol. The molecule has 36 heavy (non-hydrogen) atoms. The number of likely N-dealkylation sites (tertiary alicyclic amines) is 1. The maximum atomic E-state index is 12.9. The third-order valence-corrected chi connectivity index (χ3v) is 8.97. The molecule has 1 fully saturated rings. The average Bonchev–Trinajstić information content (AvgIpc) is 3.26. The van der Waals surface area contributed by atoms with Crippen LogP contribution in [0.25, 0.3) is 0 Å². The molecule has 1 aliphatic heterocycles. The summed E-state index contributed by atoms with van der Waals surface area (Å²) in [6.07, 6.45) is 0. The van der Waals surface area contributed by atoms with Gasteiger partial charge in [-0.25, -0.2) is 8.42 Å². The molecule has 3 aromatic rings. The number of carbonyl (C=O) groups is 1. The van der Waals surface area contributed by atoms with Crippen molar-refractivity contribution in [1.82, 2.24) is 10.2 Å². The summed E-state index contributed by atoms with van der Waals surface area (Å²) in [5.41, 5.74) is 3.00. The molecule has 0 saturated carbocycles. The van der Waals surface area contributed by atoms with E-state index in [1.54, 1.807) is 12.1 Å². The van der Waals surface area contributed by atoms with Crippen LogP contribution in [0.3, 0.4) is 0 Å². The van der Waals surface area contributed by atoms with Crippen LogP contribution in [0.4, 0.5) is 0 Å². The van der Waals surface area contributed by atoms with Gasteiger partial charge in [0.25, 0.3) is 5.91 Å². The summed E-state index contributed by atoms with van der Waals surface area (Å²) in [6.45, 7) is 5.72. The van der Waals surface area contributed by atoms with Crippen molar-refractivity contribution < 1.29 is 13.2 Å². The van der Waals surface area contributed by atoms with E-state index in [4.69, 9.17) is 23.2 Å². The highest BCUT2D eigenvalue weighted by molar-refractivity contribution is 7.93. The fourth-order valence-electron chi connectivity index (χ4n) is 4.09. The Morgan fingerprint density at radius 3 is 2.06 bits per heavy atom. The Hall–Kier alpha value is -2.16. The first-order valence-corrected chi connectivity index (χ1v) is 14.9. The molecule has 1 N–H and O–H groups in total. The Labute approximate surface area is 226 Å². The van der Waals surface area contributed by atoms with Crippen molar-refractivity contribution in [2.45, 2.75) is 25.6 Å². The summed E-state index contributed by atoms with van der Waals surface area (Å²) in [6, 6.07) is 18.8. The summed E-state index contributed by atoms with van der Waals surface area (Å²) in [4.78, 5) is 15.6. The van der Waals surface area contributed by atoms with Crippen LogP contribution in [0.1, 0.15) is 45.6 Å². The van der Waals surface area contributed by atoms with Crippen LogP contribution in [-0.4, -0.2) is 38.9 Å². The van der Waals surface area contributed by atoms with Crippen LogP contribution in [0.15, 0.2) is 71.6 Å². The van der Waals surface area contributed by atoms with Crippen LogP contribution >= 0.6 is 34.5 Å². The summed E-state index contributed by atoms with van der Waals surface area (Å²) in [5.74, 6) is 0.0679. The van der Waals surface area contributed by atoms with Crippen molar-refractivity contribution in [3.8, 4) is 0 Å². The molecule has 0 bridgehead atoms. The van der Waals surface area contributed by atoms with E-state index in [-0.39, 0.29) is 17.7 Å². The van der Waals surface area contributed by atoms with E-state index < -0.39 is 9.84 Å². The molecule has 2 aromatic carbocycles. The Kier molecular flexibility index (Phi) is 8.58. The number of hydrogen-bond acceptors (Lipinski definition) is 5. The van der Waals surface area contributed by atoms with Crippen LogP contribution in [-0.2, 0) is 15.6 Å². The van der Waals surface area contributed by atoms with Gasteiger partial charge in [-0.15, -0.1) is 11.3 Å². The zero-order chi connectivity index (χ0) is 25.9. The van der Waals surface area contributed by atoms with E-state index in [9.17, 15) is 13.2 Å². The van der Waals surface area contributed by atoms with Gasteiger partial charge in [0.2, 0.25) is 0 Å². The predicted octanol–water partition coefficient (Wildman–Crippen LogP) is 6.34. The minimum atomic E-state index is -3.47. The third kappa shape index (κ3) is 6.99. The van der Waals surface area contributed by atoms with Crippen molar-refractivity contribution in [3.63, 3.8) is 0 Å². The number of halogens is 2. The van der Waals surface area contributed by atoms with E-state index in [1.165, 1.54) is 16.7 Å². The van der Waals surface area contributed by atoms with Gasteiger partial charge in [-0.2, -0.15) is 0 Å². The Morgan fingerprint density at radius 1 is 0.972 bits per heavy atom. The van der Waals surface area contributed by atoms with Gasteiger partial charge in [0.15, 0.2) is 9.84 Å². The predicted molar refractivity (Wildman–Crippen MR) is 149 cm³/mol. The molecule has 1 aliphatic rings. The van der Waals surface area contributed by atoms with Gasteiger partial charge in [0, 0.05) is 40.0 Å². The number of thiophene rings is 1. The number of hydrogen-bond donors (Lipinski definition) is 1. The molecule has 0 unspecified atom stereocenters. The number of nitrogens with one attached hydrogen (secondary N) is 1. The molecule has 9 heteroatoms. The maximum absolute atomic E-state index is 12.9. The van der Waals surface area contributed by atoms with Gasteiger partial charge in [-0.3, -0.25) is 9.69 Å².